The lowest BCUT2D eigenvalue weighted by Crippen LogP contribution is -2.21. The highest BCUT2D eigenvalue weighted by atomic mass is 79.9. The normalized spacial score (nSPS) is 11.0. The predicted octanol–water partition coefficient (Wildman–Crippen LogP) is 4.12. The molecule has 0 saturated heterocycles. The first-order valence-electron chi connectivity index (χ1n) is 6.24. The first-order chi connectivity index (χ1) is 9.47. The number of nitro groups is 1. The van der Waals surface area contributed by atoms with Crippen molar-refractivity contribution in [3.63, 3.8) is 0 Å². The van der Waals surface area contributed by atoms with Crippen LogP contribution in [0.2, 0.25) is 0 Å². The Balaban J connectivity index is 2.27. The van der Waals surface area contributed by atoms with Gasteiger partial charge in [-0.1, -0.05) is 29.8 Å². The van der Waals surface area contributed by atoms with Crippen LogP contribution in [-0.2, 0) is 6.54 Å². The van der Waals surface area contributed by atoms with Gasteiger partial charge in [-0.05, 0) is 18.2 Å². The second kappa shape index (κ2) is 6.19. The Labute approximate surface area is 125 Å². The summed E-state index contributed by atoms with van der Waals surface area (Å²) in [5.41, 5.74) is 0.719. The van der Waals surface area contributed by atoms with E-state index in [0.717, 1.165) is 10.2 Å². The van der Waals surface area contributed by atoms with Crippen LogP contribution in [0.3, 0.4) is 0 Å². The molecule has 0 bridgehead atoms. The zero-order chi connectivity index (χ0) is 14.7. The minimum absolute atomic E-state index is 0.0430. The summed E-state index contributed by atoms with van der Waals surface area (Å²) in [6, 6.07) is 8.67. The van der Waals surface area contributed by atoms with Gasteiger partial charge in [0, 0.05) is 28.2 Å². The number of nitrogens with one attached hydrogen (secondary N) is 1. The van der Waals surface area contributed by atoms with Gasteiger partial charge in [0.05, 0.1) is 11.5 Å². The zero-order valence-corrected chi connectivity index (χ0v) is 12.8. The van der Waals surface area contributed by atoms with Gasteiger partial charge in [-0.15, -0.1) is 0 Å². The molecule has 0 radical (unpaired) electrons. The quantitative estimate of drug-likeness (QED) is 0.657. The zero-order valence-electron chi connectivity index (χ0n) is 11.2. The third kappa shape index (κ3) is 3.46. The predicted molar refractivity (Wildman–Crippen MR) is 80.5 cm³/mol. The summed E-state index contributed by atoms with van der Waals surface area (Å²) in [5.74, 6) is 1.41. The molecule has 6 heteroatoms. The molecule has 1 aromatic carbocycles. The van der Waals surface area contributed by atoms with Crippen molar-refractivity contribution in [1.82, 2.24) is 5.32 Å². The van der Waals surface area contributed by atoms with E-state index in [1.807, 2.05) is 12.1 Å². The molecule has 0 aliphatic heterocycles. The molecule has 0 fully saturated rings. The van der Waals surface area contributed by atoms with Gasteiger partial charge >= 0.3 is 0 Å². The minimum Gasteiger partial charge on any atom is -0.460 e. The molecule has 20 heavy (non-hydrogen) atoms. The summed E-state index contributed by atoms with van der Waals surface area (Å²) in [6.07, 6.45) is 0. The smallest absolute Gasteiger partial charge is 0.270 e. The van der Waals surface area contributed by atoms with Gasteiger partial charge in [-0.2, -0.15) is 0 Å². The number of hydrogen-bond donors (Lipinski definition) is 1. The van der Waals surface area contributed by atoms with Crippen molar-refractivity contribution in [3.05, 3.63) is 50.7 Å². The van der Waals surface area contributed by atoms with E-state index in [9.17, 15) is 10.1 Å². The first-order valence-corrected chi connectivity index (χ1v) is 7.03. The molecule has 5 nitrogen and oxygen atoms in total. The average Bonchev–Trinajstić information content (AvgIpc) is 2.85. The van der Waals surface area contributed by atoms with Gasteiger partial charge in [-0.25, -0.2) is 0 Å². The third-order valence-corrected chi connectivity index (χ3v) is 3.46. The van der Waals surface area contributed by atoms with E-state index in [1.165, 1.54) is 12.1 Å². The van der Waals surface area contributed by atoms with Crippen LogP contribution in [0.25, 0.3) is 11.3 Å². The van der Waals surface area contributed by atoms with E-state index < -0.39 is 4.92 Å². The molecule has 1 heterocycles. The van der Waals surface area contributed by atoms with Crippen LogP contribution in [0.5, 0.6) is 0 Å². The Morgan fingerprint density at radius 3 is 2.75 bits per heavy atom. The molecular weight excluding hydrogens is 324 g/mol. The van der Waals surface area contributed by atoms with Crippen LogP contribution in [0.4, 0.5) is 5.69 Å². The molecule has 0 spiro atoms. The molecule has 0 aliphatic carbocycles. The van der Waals surface area contributed by atoms with Crippen molar-refractivity contribution >= 4 is 21.6 Å². The second-order valence-corrected chi connectivity index (χ2v) is 5.58. The van der Waals surface area contributed by atoms with Gasteiger partial charge in [0.1, 0.15) is 11.5 Å². The standard InChI is InChI=1S/C14H15BrN2O3/c1-9(2)16-8-11-4-6-14(20-11)12-7-10(17(18)19)3-5-13(12)15/h3-7,9,16H,8H2,1-2H3. The molecule has 0 atom stereocenters. The van der Waals surface area contributed by atoms with E-state index in [4.69, 9.17) is 4.42 Å². The molecule has 0 saturated carbocycles. The van der Waals surface area contributed by atoms with Crippen LogP contribution in [-0.4, -0.2) is 11.0 Å². The maximum Gasteiger partial charge on any atom is 0.270 e. The number of non-ortho nitro benzene ring substituents is 1. The summed E-state index contributed by atoms with van der Waals surface area (Å²) in [5, 5.41) is 14.1. The van der Waals surface area contributed by atoms with E-state index in [1.54, 1.807) is 6.07 Å². The summed E-state index contributed by atoms with van der Waals surface area (Å²) in [6.45, 7) is 4.74. The molecule has 1 aromatic heterocycles. The number of halogens is 1. The number of furan rings is 1. The maximum atomic E-state index is 10.8. The first kappa shape index (κ1) is 14.7. The monoisotopic (exact) mass is 338 g/mol. The van der Waals surface area contributed by atoms with Crippen molar-refractivity contribution in [3.8, 4) is 11.3 Å². The Kier molecular flexibility index (Phi) is 4.57. The number of nitro benzene ring substituents is 1. The van der Waals surface area contributed by atoms with Crippen molar-refractivity contribution in [1.29, 1.82) is 0 Å². The molecule has 0 unspecified atom stereocenters. The SMILES string of the molecule is CC(C)NCc1ccc(-c2cc([N+](=O)[O-])ccc2Br)o1. The highest BCUT2D eigenvalue weighted by Crippen LogP contribution is 2.32. The van der Waals surface area contributed by atoms with Crippen LogP contribution in [0.1, 0.15) is 19.6 Å². The van der Waals surface area contributed by atoms with Crippen LogP contribution in [0, 0.1) is 10.1 Å². The lowest BCUT2D eigenvalue weighted by molar-refractivity contribution is -0.384. The lowest BCUT2D eigenvalue weighted by atomic mass is 10.1. The Hall–Kier alpha value is -1.66. The van der Waals surface area contributed by atoms with Gasteiger partial charge in [0.25, 0.3) is 5.69 Å². The topological polar surface area (TPSA) is 68.3 Å². The summed E-state index contributed by atoms with van der Waals surface area (Å²) in [7, 11) is 0. The molecule has 0 aliphatic rings. The van der Waals surface area contributed by atoms with Gasteiger partial charge in [0.15, 0.2) is 0 Å². The number of nitrogens with zero attached hydrogens (tertiary/aromatic N) is 1. The van der Waals surface area contributed by atoms with E-state index in [-0.39, 0.29) is 5.69 Å². The highest BCUT2D eigenvalue weighted by Gasteiger charge is 2.14. The summed E-state index contributed by atoms with van der Waals surface area (Å²) < 4.78 is 6.49. The van der Waals surface area contributed by atoms with Crippen LogP contribution >= 0.6 is 15.9 Å². The van der Waals surface area contributed by atoms with E-state index in [0.29, 0.717) is 23.9 Å². The Morgan fingerprint density at radius 2 is 2.10 bits per heavy atom. The maximum absolute atomic E-state index is 10.8. The van der Waals surface area contributed by atoms with Crippen molar-refractivity contribution in [2.24, 2.45) is 0 Å². The third-order valence-electron chi connectivity index (χ3n) is 2.77. The Bertz CT molecular complexity index is 623. The fraction of sp³-hybridized carbons (Fsp3) is 0.286. The van der Waals surface area contributed by atoms with Crippen LogP contribution in [0.15, 0.2) is 39.2 Å². The largest absolute Gasteiger partial charge is 0.460 e. The second-order valence-electron chi connectivity index (χ2n) is 4.72. The molecule has 1 N–H and O–H groups in total. The molecule has 2 aromatic rings. The van der Waals surface area contributed by atoms with Gasteiger partial charge in [0.2, 0.25) is 0 Å². The summed E-state index contributed by atoms with van der Waals surface area (Å²) in [4.78, 5) is 10.4. The molecule has 0 amide bonds. The lowest BCUT2D eigenvalue weighted by Gasteiger charge is -2.05. The summed E-state index contributed by atoms with van der Waals surface area (Å²) >= 11 is 3.39. The van der Waals surface area contributed by atoms with Gasteiger partial charge < -0.3 is 9.73 Å². The Morgan fingerprint density at radius 1 is 1.35 bits per heavy atom. The minimum atomic E-state index is -0.417. The van der Waals surface area contributed by atoms with E-state index >= 15 is 0 Å². The van der Waals surface area contributed by atoms with E-state index in [2.05, 4.69) is 35.1 Å². The molecule has 106 valence electrons. The number of hydrogen-bond acceptors (Lipinski definition) is 4. The van der Waals surface area contributed by atoms with Crippen molar-refractivity contribution < 1.29 is 9.34 Å². The van der Waals surface area contributed by atoms with Crippen molar-refractivity contribution in [2.45, 2.75) is 26.4 Å². The highest BCUT2D eigenvalue weighted by molar-refractivity contribution is 9.10. The fourth-order valence-corrected chi connectivity index (χ4v) is 2.18. The molecule has 2 rings (SSSR count). The number of rotatable bonds is 5. The van der Waals surface area contributed by atoms with Crippen molar-refractivity contribution in [2.75, 3.05) is 0 Å². The van der Waals surface area contributed by atoms with Crippen LogP contribution < -0.4 is 5.32 Å². The molecular formula is C14H15BrN2O3. The average molecular weight is 339 g/mol. The fourth-order valence-electron chi connectivity index (χ4n) is 1.74. The number of benzene rings is 1. The van der Waals surface area contributed by atoms with Gasteiger partial charge in [-0.3, -0.25) is 10.1 Å².